The van der Waals surface area contributed by atoms with Crippen molar-refractivity contribution in [2.45, 2.75) is 57.2 Å². The van der Waals surface area contributed by atoms with Crippen molar-refractivity contribution in [3.8, 4) is 0 Å². The Balaban J connectivity index is 1.93. The van der Waals surface area contributed by atoms with Crippen LogP contribution < -0.4 is 0 Å². The first-order valence-corrected chi connectivity index (χ1v) is 8.53. The number of aliphatic hydroxyl groups excluding tert-OH is 1. The third kappa shape index (κ3) is 6.44. The zero-order valence-corrected chi connectivity index (χ0v) is 14.6. The topological polar surface area (TPSA) is 38.7 Å². The summed E-state index contributed by atoms with van der Waals surface area (Å²) in [5.74, 6) is -0.609. The summed E-state index contributed by atoms with van der Waals surface area (Å²) in [6.07, 6.45) is 11.5. The predicted molar refractivity (Wildman–Crippen MR) is 98.5 cm³/mol. The van der Waals surface area contributed by atoms with E-state index in [2.05, 4.69) is 30.9 Å². The molecule has 24 heavy (non-hydrogen) atoms. The molecule has 1 aromatic carbocycles. The van der Waals surface area contributed by atoms with Gasteiger partial charge in [0.15, 0.2) is 5.79 Å². The molecule has 3 heteroatoms. The van der Waals surface area contributed by atoms with Crippen LogP contribution in [0.3, 0.4) is 0 Å². The van der Waals surface area contributed by atoms with Crippen LogP contribution in [0.15, 0.2) is 61.2 Å². The Morgan fingerprint density at radius 1 is 1.29 bits per heavy atom. The van der Waals surface area contributed by atoms with Crippen molar-refractivity contribution in [3.05, 3.63) is 66.8 Å². The van der Waals surface area contributed by atoms with Gasteiger partial charge in [0.25, 0.3) is 0 Å². The molecule has 3 nitrogen and oxygen atoms in total. The van der Waals surface area contributed by atoms with E-state index in [1.54, 1.807) is 6.08 Å². The molecule has 0 radical (unpaired) electrons. The van der Waals surface area contributed by atoms with E-state index >= 15 is 0 Å². The molecule has 1 aliphatic heterocycles. The molecule has 2 rings (SSSR count). The summed E-state index contributed by atoms with van der Waals surface area (Å²) in [6.45, 7) is 7.52. The van der Waals surface area contributed by atoms with E-state index in [1.807, 2.05) is 44.2 Å². The maximum Gasteiger partial charge on any atom is 0.163 e. The Bertz CT molecular complexity index is 560. The fourth-order valence-electron chi connectivity index (χ4n) is 2.83. The Labute approximate surface area is 145 Å². The first-order chi connectivity index (χ1) is 11.5. The van der Waals surface area contributed by atoms with Crippen LogP contribution in [0.5, 0.6) is 0 Å². The molecule has 1 heterocycles. The Hall–Kier alpha value is -1.68. The van der Waals surface area contributed by atoms with E-state index in [-0.39, 0.29) is 12.2 Å². The molecule has 3 atom stereocenters. The molecule has 0 saturated carbocycles. The standard InChI is InChI=1S/C21H28O3/c1-4-9-18(22)12-8-13-19-16-20(24-21(2,3)23-19)15-14-17-10-6-5-7-11-17/h4-8,10-12,14-15,18-20,22H,1,9,13,16H2,2-3H3/b12-8+,15-14+/t18-,19+,20+/m1/s1. The molecule has 1 N–H and O–H groups in total. The average molecular weight is 328 g/mol. The minimum atomic E-state index is -0.609. The third-order valence-corrected chi connectivity index (χ3v) is 3.85. The van der Waals surface area contributed by atoms with Crippen molar-refractivity contribution in [2.75, 3.05) is 0 Å². The summed E-state index contributed by atoms with van der Waals surface area (Å²) in [5, 5.41) is 9.71. The lowest BCUT2D eigenvalue weighted by molar-refractivity contribution is -0.289. The SMILES string of the molecule is C=CC[C@@H](O)/C=C/C[C@H]1C[C@H](/C=C/c2ccccc2)OC(C)(C)O1. The van der Waals surface area contributed by atoms with Crippen LogP contribution >= 0.6 is 0 Å². The number of aliphatic hydroxyl groups is 1. The highest BCUT2D eigenvalue weighted by atomic mass is 16.7. The van der Waals surface area contributed by atoms with Crippen molar-refractivity contribution in [3.63, 3.8) is 0 Å². The van der Waals surface area contributed by atoms with Crippen LogP contribution in [-0.2, 0) is 9.47 Å². The normalized spacial score (nSPS) is 25.1. The molecule has 0 unspecified atom stereocenters. The number of rotatable bonds is 7. The van der Waals surface area contributed by atoms with E-state index in [1.165, 1.54) is 0 Å². The molecular weight excluding hydrogens is 300 g/mol. The predicted octanol–water partition coefficient (Wildman–Crippen LogP) is 4.49. The van der Waals surface area contributed by atoms with E-state index in [0.29, 0.717) is 6.42 Å². The Kier molecular flexibility index (Phi) is 6.98. The number of benzene rings is 1. The van der Waals surface area contributed by atoms with Crippen molar-refractivity contribution < 1.29 is 14.6 Å². The first kappa shape index (κ1) is 18.7. The van der Waals surface area contributed by atoms with E-state index in [0.717, 1.165) is 18.4 Å². The van der Waals surface area contributed by atoms with Crippen LogP contribution in [-0.4, -0.2) is 29.2 Å². The van der Waals surface area contributed by atoms with Crippen LogP contribution in [0.25, 0.3) is 6.08 Å². The van der Waals surface area contributed by atoms with Gasteiger partial charge in [0, 0.05) is 6.42 Å². The number of ether oxygens (including phenoxy) is 2. The first-order valence-electron chi connectivity index (χ1n) is 8.53. The second-order valence-corrected chi connectivity index (χ2v) is 6.56. The number of hydrogen-bond acceptors (Lipinski definition) is 3. The molecule has 1 fully saturated rings. The zero-order chi connectivity index (χ0) is 17.4. The molecule has 1 saturated heterocycles. The van der Waals surface area contributed by atoms with E-state index < -0.39 is 11.9 Å². The van der Waals surface area contributed by atoms with Gasteiger partial charge >= 0.3 is 0 Å². The van der Waals surface area contributed by atoms with Gasteiger partial charge < -0.3 is 14.6 Å². The summed E-state index contributed by atoms with van der Waals surface area (Å²) in [4.78, 5) is 0. The molecule has 0 amide bonds. The van der Waals surface area contributed by atoms with Gasteiger partial charge in [-0.15, -0.1) is 6.58 Å². The lowest BCUT2D eigenvalue weighted by atomic mass is 10.0. The monoisotopic (exact) mass is 328 g/mol. The molecule has 1 aliphatic rings. The van der Waals surface area contributed by atoms with Crippen molar-refractivity contribution >= 4 is 6.08 Å². The second kappa shape index (κ2) is 8.97. The molecule has 0 aromatic heterocycles. The Morgan fingerprint density at radius 3 is 2.75 bits per heavy atom. The van der Waals surface area contributed by atoms with Gasteiger partial charge in [0.05, 0.1) is 18.3 Å². The Morgan fingerprint density at radius 2 is 2.04 bits per heavy atom. The van der Waals surface area contributed by atoms with Gasteiger partial charge in [0.1, 0.15) is 0 Å². The van der Waals surface area contributed by atoms with Crippen LogP contribution in [0, 0.1) is 0 Å². The minimum absolute atomic E-state index is 0.0189. The van der Waals surface area contributed by atoms with Crippen LogP contribution in [0.4, 0.5) is 0 Å². The summed E-state index contributed by atoms with van der Waals surface area (Å²) >= 11 is 0. The van der Waals surface area contributed by atoms with Crippen LogP contribution in [0.2, 0.25) is 0 Å². The highest BCUT2D eigenvalue weighted by molar-refractivity contribution is 5.49. The van der Waals surface area contributed by atoms with Gasteiger partial charge in [-0.1, -0.05) is 60.7 Å². The van der Waals surface area contributed by atoms with Gasteiger partial charge in [-0.25, -0.2) is 0 Å². The second-order valence-electron chi connectivity index (χ2n) is 6.56. The quantitative estimate of drug-likeness (QED) is 0.749. The lowest BCUT2D eigenvalue weighted by Gasteiger charge is -2.39. The highest BCUT2D eigenvalue weighted by Gasteiger charge is 2.33. The largest absolute Gasteiger partial charge is 0.389 e. The summed E-state index contributed by atoms with van der Waals surface area (Å²) in [7, 11) is 0. The zero-order valence-electron chi connectivity index (χ0n) is 14.6. The van der Waals surface area contributed by atoms with Gasteiger partial charge in [-0.05, 0) is 32.3 Å². The van der Waals surface area contributed by atoms with Crippen LogP contribution in [0.1, 0.15) is 38.7 Å². The molecule has 130 valence electrons. The van der Waals surface area contributed by atoms with Gasteiger partial charge in [-0.3, -0.25) is 0 Å². The van der Waals surface area contributed by atoms with Gasteiger partial charge in [-0.2, -0.15) is 0 Å². The summed E-state index contributed by atoms with van der Waals surface area (Å²) in [5.41, 5.74) is 1.16. The fraction of sp³-hybridized carbons (Fsp3) is 0.429. The smallest absolute Gasteiger partial charge is 0.163 e. The van der Waals surface area contributed by atoms with Crippen molar-refractivity contribution in [2.24, 2.45) is 0 Å². The third-order valence-electron chi connectivity index (χ3n) is 3.85. The lowest BCUT2D eigenvalue weighted by Crippen LogP contribution is -2.43. The minimum Gasteiger partial charge on any atom is -0.389 e. The highest BCUT2D eigenvalue weighted by Crippen LogP contribution is 2.29. The summed E-state index contributed by atoms with van der Waals surface area (Å²) in [6, 6.07) is 10.2. The number of hydrogen-bond donors (Lipinski definition) is 1. The molecule has 1 aromatic rings. The maximum atomic E-state index is 9.71. The van der Waals surface area contributed by atoms with E-state index in [9.17, 15) is 5.11 Å². The van der Waals surface area contributed by atoms with E-state index in [4.69, 9.17) is 9.47 Å². The van der Waals surface area contributed by atoms with Crippen molar-refractivity contribution in [1.82, 2.24) is 0 Å². The average Bonchev–Trinajstić information content (AvgIpc) is 2.53. The van der Waals surface area contributed by atoms with Crippen molar-refractivity contribution in [1.29, 1.82) is 0 Å². The molecule has 0 bridgehead atoms. The molecule has 0 aliphatic carbocycles. The maximum absolute atomic E-state index is 9.71. The fourth-order valence-corrected chi connectivity index (χ4v) is 2.83. The molecular formula is C21H28O3. The van der Waals surface area contributed by atoms with Gasteiger partial charge in [0.2, 0.25) is 0 Å². The molecule has 0 spiro atoms. The summed E-state index contributed by atoms with van der Waals surface area (Å²) < 4.78 is 12.0.